The summed E-state index contributed by atoms with van der Waals surface area (Å²) in [5, 5.41) is 6.44. The molecule has 0 spiro atoms. The quantitative estimate of drug-likeness (QED) is 0.787. The van der Waals surface area contributed by atoms with Crippen molar-refractivity contribution in [3.05, 3.63) is 0 Å². The molecular formula is C12H23ClN2O2. The van der Waals surface area contributed by atoms with Gasteiger partial charge in [0.2, 0.25) is 5.91 Å². The molecule has 2 N–H and O–H groups in total. The van der Waals surface area contributed by atoms with E-state index in [-0.39, 0.29) is 36.0 Å². The van der Waals surface area contributed by atoms with E-state index in [1.54, 1.807) is 0 Å². The Morgan fingerprint density at radius 3 is 2.76 bits per heavy atom. The van der Waals surface area contributed by atoms with Crippen molar-refractivity contribution < 1.29 is 9.53 Å². The van der Waals surface area contributed by atoms with Crippen molar-refractivity contribution in [3.8, 4) is 0 Å². The lowest BCUT2D eigenvalue weighted by molar-refractivity contribution is -0.129. The van der Waals surface area contributed by atoms with Gasteiger partial charge in [0, 0.05) is 6.61 Å². The number of hydrogen-bond donors (Lipinski definition) is 2. The summed E-state index contributed by atoms with van der Waals surface area (Å²) in [5.74, 6) is 0.134. The van der Waals surface area contributed by atoms with Crippen LogP contribution in [0.5, 0.6) is 0 Å². The Morgan fingerprint density at radius 2 is 2.24 bits per heavy atom. The fourth-order valence-electron chi connectivity index (χ4n) is 2.50. The molecular weight excluding hydrogens is 240 g/mol. The molecule has 3 unspecified atom stereocenters. The second-order valence-electron chi connectivity index (χ2n) is 5.16. The minimum Gasteiger partial charge on any atom is -0.376 e. The van der Waals surface area contributed by atoms with Crippen LogP contribution in [0.3, 0.4) is 0 Å². The summed E-state index contributed by atoms with van der Waals surface area (Å²) in [6.45, 7) is 5.73. The molecule has 1 amide bonds. The predicted octanol–water partition coefficient (Wildman–Crippen LogP) is 1.23. The molecule has 2 aliphatic heterocycles. The number of carbonyl (C=O) groups is 1. The zero-order chi connectivity index (χ0) is 11.6. The molecule has 2 fully saturated rings. The lowest BCUT2D eigenvalue weighted by Crippen LogP contribution is -2.59. The normalized spacial score (nSPS) is 37.3. The third-order valence-electron chi connectivity index (χ3n) is 3.81. The van der Waals surface area contributed by atoms with E-state index in [2.05, 4.69) is 10.6 Å². The van der Waals surface area contributed by atoms with Gasteiger partial charge in [-0.1, -0.05) is 0 Å². The van der Waals surface area contributed by atoms with Crippen molar-refractivity contribution in [2.45, 2.75) is 57.2 Å². The highest BCUT2D eigenvalue weighted by atomic mass is 35.5. The standard InChI is InChI=1S/C12H22N2O2.ClH/c1-9-10(5-8-16-9)14-11(15)12(2)6-3-4-7-13-12;/h9-10,13H,3-8H2,1-2H3,(H,14,15);1H. The van der Waals surface area contributed by atoms with Crippen LogP contribution in [0.15, 0.2) is 0 Å². The Hall–Kier alpha value is -0.320. The number of halogens is 1. The second-order valence-corrected chi connectivity index (χ2v) is 5.16. The molecule has 0 bridgehead atoms. The number of carbonyl (C=O) groups excluding carboxylic acids is 1. The highest BCUT2D eigenvalue weighted by molar-refractivity contribution is 5.86. The predicted molar refractivity (Wildman–Crippen MR) is 69.5 cm³/mol. The van der Waals surface area contributed by atoms with E-state index in [0.29, 0.717) is 0 Å². The third-order valence-corrected chi connectivity index (χ3v) is 3.81. The van der Waals surface area contributed by atoms with Gasteiger partial charge in [0.15, 0.2) is 0 Å². The van der Waals surface area contributed by atoms with Crippen molar-refractivity contribution in [2.75, 3.05) is 13.2 Å². The van der Waals surface area contributed by atoms with E-state index in [1.807, 2.05) is 13.8 Å². The van der Waals surface area contributed by atoms with Gasteiger partial charge in [-0.05, 0) is 46.1 Å². The number of hydrogen-bond acceptors (Lipinski definition) is 3. The minimum atomic E-state index is -0.374. The molecule has 0 aliphatic carbocycles. The third kappa shape index (κ3) is 3.33. The molecule has 2 saturated heterocycles. The summed E-state index contributed by atoms with van der Waals surface area (Å²) >= 11 is 0. The van der Waals surface area contributed by atoms with Crippen molar-refractivity contribution in [1.82, 2.24) is 10.6 Å². The highest BCUT2D eigenvalue weighted by Gasteiger charge is 2.37. The number of rotatable bonds is 2. The Labute approximate surface area is 109 Å². The maximum atomic E-state index is 12.2. The minimum absolute atomic E-state index is 0. The van der Waals surface area contributed by atoms with Crippen LogP contribution in [0.1, 0.15) is 39.5 Å². The molecule has 2 rings (SSSR count). The second kappa shape index (κ2) is 6.03. The summed E-state index contributed by atoms with van der Waals surface area (Å²) in [4.78, 5) is 12.2. The van der Waals surface area contributed by atoms with Gasteiger partial charge in [-0.3, -0.25) is 4.79 Å². The number of piperidine rings is 1. The van der Waals surface area contributed by atoms with Crippen molar-refractivity contribution in [1.29, 1.82) is 0 Å². The van der Waals surface area contributed by atoms with Gasteiger partial charge in [0.25, 0.3) is 0 Å². The average Bonchev–Trinajstić information content (AvgIpc) is 2.65. The maximum Gasteiger partial charge on any atom is 0.240 e. The Bertz CT molecular complexity index is 267. The van der Waals surface area contributed by atoms with E-state index >= 15 is 0 Å². The molecule has 3 atom stereocenters. The summed E-state index contributed by atoms with van der Waals surface area (Å²) < 4.78 is 5.45. The largest absolute Gasteiger partial charge is 0.376 e. The topological polar surface area (TPSA) is 50.4 Å². The van der Waals surface area contributed by atoms with Gasteiger partial charge in [-0.15, -0.1) is 12.4 Å². The van der Waals surface area contributed by atoms with Gasteiger partial charge < -0.3 is 15.4 Å². The molecule has 2 aliphatic rings. The van der Waals surface area contributed by atoms with Crippen LogP contribution in [0.25, 0.3) is 0 Å². The van der Waals surface area contributed by atoms with Crippen molar-refractivity contribution >= 4 is 18.3 Å². The van der Waals surface area contributed by atoms with E-state index in [4.69, 9.17) is 4.74 Å². The first kappa shape index (κ1) is 14.7. The molecule has 4 nitrogen and oxygen atoms in total. The van der Waals surface area contributed by atoms with Crippen LogP contribution in [-0.4, -0.2) is 36.7 Å². The van der Waals surface area contributed by atoms with E-state index in [0.717, 1.165) is 32.4 Å². The first-order valence-electron chi connectivity index (χ1n) is 6.29. The van der Waals surface area contributed by atoms with Crippen LogP contribution in [0.4, 0.5) is 0 Å². The number of amides is 1. The summed E-state index contributed by atoms with van der Waals surface area (Å²) in [6, 6.07) is 0.188. The zero-order valence-corrected chi connectivity index (χ0v) is 11.4. The van der Waals surface area contributed by atoms with Gasteiger partial charge in [0.1, 0.15) is 0 Å². The fourth-order valence-corrected chi connectivity index (χ4v) is 2.50. The lowest BCUT2D eigenvalue weighted by Gasteiger charge is -2.34. The van der Waals surface area contributed by atoms with Gasteiger partial charge in [-0.2, -0.15) is 0 Å². The average molecular weight is 263 g/mol. The van der Waals surface area contributed by atoms with Gasteiger partial charge in [0.05, 0.1) is 17.7 Å². The van der Waals surface area contributed by atoms with E-state index < -0.39 is 0 Å². The maximum absolute atomic E-state index is 12.2. The Balaban J connectivity index is 0.00000144. The highest BCUT2D eigenvalue weighted by Crippen LogP contribution is 2.20. The zero-order valence-electron chi connectivity index (χ0n) is 10.6. The molecule has 0 radical (unpaired) electrons. The molecule has 0 saturated carbocycles. The molecule has 0 aromatic carbocycles. The van der Waals surface area contributed by atoms with Gasteiger partial charge in [-0.25, -0.2) is 0 Å². The molecule has 2 heterocycles. The van der Waals surface area contributed by atoms with Crippen molar-refractivity contribution in [2.24, 2.45) is 0 Å². The molecule has 0 aromatic rings. The summed E-state index contributed by atoms with van der Waals surface area (Å²) in [7, 11) is 0. The monoisotopic (exact) mass is 262 g/mol. The van der Waals surface area contributed by atoms with Crippen LogP contribution in [0, 0.1) is 0 Å². The molecule has 17 heavy (non-hydrogen) atoms. The van der Waals surface area contributed by atoms with Crippen LogP contribution in [0.2, 0.25) is 0 Å². The van der Waals surface area contributed by atoms with E-state index in [9.17, 15) is 4.79 Å². The molecule has 0 aromatic heterocycles. The van der Waals surface area contributed by atoms with Crippen LogP contribution in [-0.2, 0) is 9.53 Å². The molecule has 5 heteroatoms. The van der Waals surface area contributed by atoms with E-state index in [1.165, 1.54) is 6.42 Å². The first-order chi connectivity index (χ1) is 7.62. The van der Waals surface area contributed by atoms with Crippen molar-refractivity contribution in [3.63, 3.8) is 0 Å². The SMILES string of the molecule is CC1OCCC1NC(=O)C1(C)CCCCN1.Cl. The Morgan fingerprint density at radius 1 is 1.47 bits per heavy atom. The summed E-state index contributed by atoms with van der Waals surface area (Å²) in [6.07, 6.45) is 4.32. The van der Waals surface area contributed by atoms with Crippen LogP contribution < -0.4 is 10.6 Å². The Kier molecular flexibility index (Phi) is 5.22. The first-order valence-corrected chi connectivity index (χ1v) is 6.29. The number of nitrogens with one attached hydrogen (secondary N) is 2. The summed E-state index contributed by atoms with van der Waals surface area (Å²) in [5.41, 5.74) is -0.374. The van der Waals surface area contributed by atoms with Gasteiger partial charge >= 0.3 is 0 Å². The number of ether oxygens (including phenoxy) is 1. The smallest absolute Gasteiger partial charge is 0.240 e. The lowest BCUT2D eigenvalue weighted by atomic mass is 9.89. The molecule has 100 valence electrons. The fraction of sp³-hybridized carbons (Fsp3) is 0.917. The van der Waals surface area contributed by atoms with Crippen LogP contribution >= 0.6 is 12.4 Å².